The molecule has 3 heterocycles. The van der Waals surface area contributed by atoms with Crippen LogP contribution in [0, 0.1) is 11.8 Å². The summed E-state index contributed by atoms with van der Waals surface area (Å²) in [5.74, 6) is -6.92. The molecule has 1 unspecified atom stereocenters. The molecule has 1 N–H and O–H groups in total. The van der Waals surface area contributed by atoms with Gasteiger partial charge in [0, 0.05) is 45.0 Å². The van der Waals surface area contributed by atoms with Gasteiger partial charge in [-0.15, -0.1) is 0 Å². The van der Waals surface area contributed by atoms with Gasteiger partial charge in [-0.1, -0.05) is 41.9 Å². The Hall–Kier alpha value is -2.92. The van der Waals surface area contributed by atoms with Crippen molar-refractivity contribution in [1.82, 2.24) is 9.80 Å². The first-order chi connectivity index (χ1) is 20.3. The molecule has 0 spiro atoms. The van der Waals surface area contributed by atoms with E-state index in [1.54, 1.807) is 6.07 Å². The number of hydrogen-bond donors (Lipinski definition) is 1. The highest BCUT2D eigenvalue weighted by Gasteiger charge is 2.74. The van der Waals surface area contributed by atoms with Crippen LogP contribution in [0.15, 0.2) is 48.5 Å². The number of benzene rings is 2. The number of carbonyl (C=O) groups is 2. The lowest BCUT2D eigenvalue weighted by Crippen LogP contribution is -2.63. The lowest BCUT2D eigenvalue weighted by Gasteiger charge is -2.43. The summed E-state index contributed by atoms with van der Waals surface area (Å²) in [5.41, 5.74) is -3.45. The molecule has 3 fully saturated rings. The Bertz CT molecular complexity index is 1310. The van der Waals surface area contributed by atoms with Gasteiger partial charge in [-0.3, -0.25) is 9.59 Å². The lowest BCUT2D eigenvalue weighted by atomic mass is 9.78. The molecule has 0 bridgehead atoms. The van der Waals surface area contributed by atoms with Gasteiger partial charge >= 0.3 is 12.1 Å². The zero-order chi connectivity index (χ0) is 31.0. The van der Waals surface area contributed by atoms with Crippen molar-refractivity contribution in [2.45, 2.75) is 56.2 Å². The van der Waals surface area contributed by atoms with Crippen LogP contribution < -0.4 is 4.90 Å². The van der Waals surface area contributed by atoms with Crippen LogP contribution in [0.3, 0.4) is 0 Å². The van der Waals surface area contributed by atoms with Gasteiger partial charge in [0.05, 0.1) is 10.6 Å². The van der Waals surface area contributed by atoms with Crippen molar-refractivity contribution >= 4 is 29.1 Å². The fourth-order valence-corrected chi connectivity index (χ4v) is 6.98. The highest BCUT2D eigenvalue weighted by molar-refractivity contribution is 6.34. The van der Waals surface area contributed by atoms with E-state index < -0.39 is 29.2 Å². The van der Waals surface area contributed by atoms with Crippen molar-refractivity contribution in [3.63, 3.8) is 0 Å². The summed E-state index contributed by atoms with van der Waals surface area (Å²) < 4.78 is 69.7. The third-order valence-electron chi connectivity index (χ3n) is 9.29. The number of aliphatic hydroxyl groups is 1. The maximum absolute atomic E-state index is 14.7. The third-order valence-corrected chi connectivity index (χ3v) is 9.60. The maximum Gasteiger partial charge on any atom is 0.457 e. The van der Waals surface area contributed by atoms with E-state index in [1.807, 2.05) is 17.0 Å². The number of piperidine rings is 2. The smallest absolute Gasteiger partial charge is 0.371 e. The Morgan fingerprint density at radius 3 is 1.86 bits per heavy atom. The third kappa shape index (κ3) is 5.94. The summed E-state index contributed by atoms with van der Waals surface area (Å²) in [4.78, 5) is 30.9. The monoisotopic (exact) mass is 627 g/mol. The molecule has 3 saturated heterocycles. The predicted octanol–water partition coefficient (Wildman–Crippen LogP) is 6.12. The first kappa shape index (κ1) is 31.5. The van der Waals surface area contributed by atoms with Gasteiger partial charge in [-0.2, -0.15) is 22.0 Å². The van der Waals surface area contributed by atoms with Crippen molar-refractivity contribution in [3.8, 4) is 0 Å². The molecule has 0 aromatic heterocycles. The van der Waals surface area contributed by atoms with Crippen LogP contribution >= 0.6 is 11.6 Å². The van der Waals surface area contributed by atoms with E-state index in [9.17, 15) is 36.6 Å². The van der Waals surface area contributed by atoms with E-state index in [0.29, 0.717) is 29.3 Å². The van der Waals surface area contributed by atoms with Gasteiger partial charge in [0.1, 0.15) is 0 Å². The Morgan fingerprint density at radius 1 is 0.767 bits per heavy atom. The molecular weight excluding hydrogens is 593 g/mol. The first-order valence-corrected chi connectivity index (χ1v) is 15.1. The van der Waals surface area contributed by atoms with Gasteiger partial charge in [-0.05, 0) is 74.1 Å². The van der Waals surface area contributed by atoms with Gasteiger partial charge in [-0.25, -0.2) is 0 Å². The summed E-state index contributed by atoms with van der Waals surface area (Å²) in [6, 6.07) is 11.1. The van der Waals surface area contributed by atoms with Gasteiger partial charge in [0.25, 0.3) is 11.8 Å². The molecule has 1 atom stereocenters. The SMILES string of the molecule is O=C(c1ccc(N2CCC(C3CCN(C(=O)C(O)(c4ccccc4)C(F)(F)C(F)(F)F)CC3)CC2)cc1Cl)N1CCCC1. The maximum atomic E-state index is 14.7. The predicted molar refractivity (Wildman–Crippen MR) is 152 cm³/mol. The molecule has 0 radical (unpaired) electrons. The van der Waals surface area contributed by atoms with E-state index in [2.05, 4.69) is 4.90 Å². The number of hydrogen-bond acceptors (Lipinski definition) is 4. The zero-order valence-corrected chi connectivity index (χ0v) is 24.4. The van der Waals surface area contributed by atoms with Gasteiger partial charge in [0.15, 0.2) is 0 Å². The van der Waals surface area contributed by atoms with Gasteiger partial charge < -0.3 is 19.8 Å². The highest BCUT2D eigenvalue weighted by atomic mass is 35.5. The molecule has 2 aromatic carbocycles. The minimum absolute atomic E-state index is 0.0189. The molecule has 43 heavy (non-hydrogen) atoms. The number of likely N-dealkylation sites (tertiary alicyclic amines) is 2. The van der Waals surface area contributed by atoms with Crippen LogP contribution in [-0.4, -0.2) is 78.1 Å². The topological polar surface area (TPSA) is 64.1 Å². The average Bonchev–Trinajstić information content (AvgIpc) is 3.55. The number of amides is 2. The second-order valence-corrected chi connectivity index (χ2v) is 12.2. The Balaban J connectivity index is 1.19. The molecule has 2 aromatic rings. The molecule has 3 aliphatic rings. The molecule has 5 rings (SSSR count). The fourth-order valence-electron chi connectivity index (χ4n) is 6.72. The summed E-state index contributed by atoms with van der Waals surface area (Å²) in [6.07, 6.45) is -1.58. The van der Waals surface area contributed by atoms with Gasteiger partial charge in [0.2, 0.25) is 5.60 Å². The Kier molecular flexibility index (Phi) is 8.96. The second kappa shape index (κ2) is 12.2. The van der Waals surface area contributed by atoms with Crippen molar-refractivity contribution < 1.29 is 36.6 Å². The Labute approximate surface area is 252 Å². The minimum Gasteiger partial charge on any atom is -0.371 e. The van der Waals surface area contributed by atoms with E-state index in [1.165, 1.54) is 18.2 Å². The normalized spacial score (nSPS) is 20.8. The molecule has 2 amide bonds. The number of anilines is 1. The van der Waals surface area contributed by atoms with E-state index >= 15 is 0 Å². The molecule has 12 heteroatoms. The lowest BCUT2D eigenvalue weighted by molar-refractivity contribution is -0.339. The molecule has 234 valence electrons. The number of carbonyl (C=O) groups excluding carboxylic acids is 2. The number of rotatable bonds is 6. The number of nitrogens with zero attached hydrogens (tertiary/aromatic N) is 3. The number of halogens is 6. The summed E-state index contributed by atoms with van der Waals surface area (Å²) in [7, 11) is 0. The van der Waals surface area contributed by atoms with Crippen LogP contribution in [0.5, 0.6) is 0 Å². The van der Waals surface area contributed by atoms with Crippen LogP contribution in [0.2, 0.25) is 5.02 Å². The van der Waals surface area contributed by atoms with Crippen LogP contribution in [0.4, 0.5) is 27.6 Å². The van der Waals surface area contributed by atoms with Crippen LogP contribution in [0.1, 0.15) is 54.4 Å². The summed E-state index contributed by atoms with van der Waals surface area (Å²) >= 11 is 6.50. The molecule has 3 aliphatic heterocycles. The van der Waals surface area contributed by atoms with Crippen LogP contribution in [-0.2, 0) is 10.4 Å². The standard InChI is InChI=1S/C31H35ClF5N3O3/c32-26-20-24(8-9-25(26)27(41)39-14-4-5-15-39)38-16-10-21(11-17-38)22-12-18-40(19-13-22)28(42)29(43,23-6-2-1-3-7-23)30(33,34)31(35,36)37/h1-3,6-9,20-22,43H,4-5,10-19H2. The van der Waals surface area contributed by atoms with Crippen molar-refractivity contribution in [1.29, 1.82) is 0 Å². The summed E-state index contributed by atoms with van der Waals surface area (Å²) in [6.45, 7) is 2.93. The molecule has 0 saturated carbocycles. The van der Waals surface area contributed by atoms with Crippen molar-refractivity contribution in [3.05, 3.63) is 64.7 Å². The molecule has 6 nitrogen and oxygen atoms in total. The quantitative estimate of drug-likeness (QED) is 0.392. The van der Waals surface area contributed by atoms with E-state index in [4.69, 9.17) is 11.6 Å². The zero-order valence-electron chi connectivity index (χ0n) is 23.6. The first-order valence-electron chi connectivity index (χ1n) is 14.7. The number of alkyl halides is 5. The summed E-state index contributed by atoms with van der Waals surface area (Å²) in [5, 5.41) is 11.3. The molecule has 0 aliphatic carbocycles. The second-order valence-electron chi connectivity index (χ2n) is 11.8. The van der Waals surface area contributed by atoms with Crippen molar-refractivity contribution in [2.24, 2.45) is 11.8 Å². The van der Waals surface area contributed by atoms with E-state index in [0.717, 1.165) is 74.6 Å². The van der Waals surface area contributed by atoms with E-state index in [-0.39, 0.29) is 24.9 Å². The van der Waals surface area contributed by atoms with Crippen LogP contribution in [0.25, 0.3) is 0 Å². The Morgan fingerprint density at radius 2 is 1.33 bits per heavy atom. The highest BCUT2D eigenvalue weighted by Crippen LogP contribution is 2.50. The minimum atomic E-state index is -6.13. The largest absolute Gasteiger partial charge is 0.457 e. The fraction of sp³-hybridized carbons (Fsp3) is 0.548. The van der Waals surface area contributed by atoms with Crippen molar-refractivity contribution in [2.75, 3.05) is 44.2 Å². The molecular formula is C31H35ClF5N3O3. The average molecular weight is 628 g/mol.